The summed E-state index contributed by atoms with van der Waals surface area (Å²) in [4.78, 5) is 0. The molecule has 1 aromatic rings. The fourth-order valence-electron chi connectivity index (χ4n) is 2.42. The Morgan fingerprint density at radius 1 is 1.00 bits per heavy atom. The third-order valence-electron chi connectivity index (χ3n) is 3.44. The van der Waals surface area contributed by atoms with Crippen molar-refractivity contribution in [2.75, 3.05) is 0 Å². The molecule has 96 valence electrons. The van der Waals surface area contributed by atoms with Crippen LogP contribution in [0.2, 0.25) is 0 Å². The van der Waals surface area contributed by atoms with E-state index in [2.05, 4.69) is 52.0 Å². The van der Waals surface area contributed by atoms with Crippen LogP contribution >= 0.6 is 0 Å². The van der Waals surface area contributed by atoms with E-state index in [9.17, 15) is 5.11 Å². The van der Waals surface area contributed by atoms with Crippen LogP contribution < -0.4 is 0 Å². The summed E-state index contributed by atoms with van der Waals surface area (Å²) in [6.45, 7) is 8.64. The second kappa shape index (κ2) is 6.20. The molecule has 0 aliphatic heterocycles. The first kappa shape index (κ1) is 14.2. The molecule has 0 aliphatic carbocycles. The Bertz CT molecular complexity index is 318. The molecule has 0 amide bonds. The molecule has 1 nitrogen and oxygen atoms in total. The third kappa shape index (κ3) is 3.57. The van der Waals surface area contributed by atoms with Crippen LogP contribution in [0.4, 0.5) is 0 Å². The molecule has 0 aromatic heterocycles. The second-order valence-electron chi connectivity index (χ2n) is 5.31. The Hall–Kier alpha value is -0.820. The van der Waals surface area contributed by atoms with Crippen molar-refractivity contribution in [3.05, 3.63) is 35.4 Å². The van der Waals surface area contributed by atoms with E-state index in [0.717, 1.165) is 31.2 Å². The van der Waals surface area contributed by atoms with Crippen LogP contribution in [0, 0.1) is 0 Å². The molecule has 0 saturated heterocycles. The predicted molar refractivity (Wildman–Crippen MR) is 74.2 cm³/mol. The highest BCUT2D eigenvalue weighted by Crippen LogP contribution is 2.32. The Kier molecular flexibility index (Phi) is 5.20. The molecule has 0 spiro atoms. The van der Waals surface area contributed by atoms with Gasteiger partial charge in [-0.05, 0) is 29.9 Å². The molecule has 0 aliphatic rings. The Labute approximate surface area is 106 Å². The van der Waals surface area contributed by atoms with Gasteiger partial charge >= 0.3 is 0 Å². The molecule has 1 aromatic carbocycles. The Balaban J connectivity index is 2.95. The summed E-state index contributed by atoms with van der Waals surface area (Å²) in [6.07, 6.45) is 3.73. The van der Waals surface area contributed by atoms with E-state index in [1.807, 2.05) is 0 Å². The van der Waals surface area contributed by atoms with Gasteiger partial charge in [0.1, 0.15) is 0 Å². The zero-order chi connectivity index (χ0) is 12.9. The SMILES string of the molecule is CCCC(O)(CCC)c1ccc(C(C)C)cc1. The molecule has 0 radical (unpaired) electrons. The molecule has 1 rings (SSSR count). The highest BCUT2D eigenvalue weighted by molar-refractivity contribution is 5.28. The molecule has 1 heteroatoms. The number of hydrogen-bond donors (Lipinski definition) is 1. The average molecular weight is 234 g/mol. The topological polar surface area (TPSA) is 20.2 Å². The first-order valence-electron chi connectivity index (χ1n) is 6.86. The van der Waals surface area contributed by atoms with Gasteiger partial charge < -0.3 is 5.11 Å². The summed E-state index contributed by atoms with van der Waals surface area (Å²) >= 11 is 0. The van der Waals surface area contributed by atoms with E-state index in [0.29, 0.717) is 5.92 Å². The minimum Gasteiger partial charge on any atom is -0.385 e. The van der Waals surface area contributed by atoms with Crippen molar-refractivity contribution in [2.45, 2.75) is 64.9 Å². The zero-order valence-electron chi connectivity index (χ0n) is 11.7. The zero-order valence-corrected chi connectivity index (χ0v) is 11.7. The maximum Gasteiger partial charge on any atom is 0.0896 e. The van der Waals surface area contributed by atoms with E-state index >= 15 is 0 Å². The van der Waals surface area contributed by atoms with E-state index in [1.165, 1.54) is 5.56 Å². The maximum atomic E-state index is 10.7. The van der Waals surface area contributed by atoms with Gasteiger partial charge in [-0.25, -0.2) is 0 Å². The Morgan fingerprint density at radius 2 is 1.47 bits per heavy atom. The minimum atomic E-state index is -0.626. The number of benzene rings is 1. The summed E-state index contributed by atoms with van der Waals surface area (Å²) in [7, 11) is 0. The van der Waals surface area contributed by atoms with Crippen molar-refractivity contribution in [2.24, 2.45) is 0 Å². The van der Waals surface area contributed by atoms with Crippen molar-refractivity contribution >= 4 is 0 Å². The van der Waals surface area contributed by atoms with E-state index in [4.69, 9.17) is 0 Å². The maximum absolute atomic E-state index is 10.7. The summed E-state index contributed by atoms with van der Waals surface area (Å²) < 4.78 is 0. The fraction of sp³-hybridized carbons (Fsp3) is 0.625. The van der Waals surface area contributed by atoms with Crippen molar-refractivity contribution in [1.29, 1.82) is 0 Å². The van der Waals surface area contributed by atoms with Gasteiger partial charge in [0.25, 0.3) is 0 Å². The van der Waals surface area contributed by atoms with Crippen LogP contribution in [0.15, 0.2) is 24.3 Å². The quantitative estimate of drug-likeness (QED) is 0.762. The monoisotopic (exact) mass is 234 g/mol. The van der Waals surface area contributed by atoms with Crippen LogP contribution in [0.3, 0.4) is 0 Å². The van der Waals surface area contributed by atoms with Crippen LogP contribution in [0.5, 0.6) is 0 Å². The highest BCUT2D eigenvalue weighted by Gasteiger charge is 2.26. The van der Waals surface area contributed by atoms with Crippen LogP contribution in [-0.2, 0) is 5.60 Å². The third-order valence-corrected chi connectivity index (χ3v) is 3.44. The van der Waals surface area contributed by atoms with Gasteiger partial charge in [0.2, 0.25) is 0 Å². The normalized spacial score (nSPS) is 12.1. The summed E-state index contributed by atoms with van der Waals surface area (Å²) in [6, 6.07) is 8.49. The standard InChI is InChI=1S/C16H26O/c1-5-11-16(17,12-6-2)15-9-7-14(8-10-15)13(3)4/h7-10,13,17H,5-6,11-12H2,1-4H3. The average Bonchev–Trinajstić information content (AvgIpc) is 2.30. The second-order valence-corrected chi connectivity index (χ2v) is 5.31. The molecular weight excluding hydrogens is 208 g/mol. The van der Waals surface area contributed by atoms with Gasteiger partial charge in [0.05, 0.1) is 5.60 Å². The van der Waals surface area contributed by atoms with Crippen molar-refractivity contribution in [3.8, 4) is 0 Å². The van der Waals surface area contributed by atoms with Gasteiger partial charge in [-0.3, -0.25) is 0 Å². The fourth-order valence-corrected chi connectivity index (χ4v) is 2.42. The van der Waals surface area contributed by atoms with Crippen LogP contribution in [-0.4, -0.2) is 5.11 Å². The molecular formula is C16H26O. The van der Waals surface area contributed by atoms with Crippen molar-refractivity contribution < 1.29 is 5.11 Å². The van der Waals surface area contributed by atoms with Crippen molar-refractivity contribution in [1.82, 2.24) is 0 Å². The highest BCUT2D eigenvalue weighted by atomic mass is 16.3. The molecule has 0 bridgehead atoms. The molecule has 0 fully saturated rings. The van der Waals surface area contributed by atoms with Gasteiger partial charge in [0.15, 0.2) is 0 Å². The lowest BCUT2D eigenvalue weighted by molar-refractivity contribution is 0.0169. The van der Waals surface area contributed by atoms with Gasteiger partial charge in [0, 0.05) is 0 Å². The lowest BCUT2D eigenvalue weighted by Crippen LogP contribution is -2.25. The van der Waals surface area contributed by atoms with Gasteiger partial charge in [-0.15, -0.1) is 0 Å². The van der Waals surface area contributed by atoms with E-state index in [1.54, 1.807) is 0 Å². The minimum absolute atomic E-state index is 0.550. The molecule has 0 atom stereocenters. The lowest BCUT2D eigenvalue weighted by atomic mass is 9.84. The molecule has 17 heavy (non-hydrogen) atoms. The van der Waals surface area contributed by atoms with Crippen LogP contribution in [0.1, 0.15) is 70.4 Å². The molecule has 0 saturated carbocycles. The van der Waals surface area contributed by atoms with Gasteiger partial charge in [-0.2, -0.15) is 0 Å². The first-order chi connectivity index (χ1) is 8.03. The summed E-state index contributed by atoms with van der Waals surface area (Å²) in [5.41, 5.74) is 1.79. The van der Waals surface area contributed by atoms with E-state index in [-0.39, 0.29) is 0 Å². The van der Waals surface area contributed by atoms with Gasteiger partial charge in [-0.1, -0.05) is 64.8 Å². The number of aliphatic hydroxyl groups is 1. The van der Waals surface area contributed by atoms with Crippen LogP contribution in [0.25, 0.3) is 0 Å². The smallest absolute Gasteiger partial charge is 0.0896 e. The number of hydrogen-bond acceptors (Lipinski definition) is 1. The van der Waals surface area contributed by atoms with Crippen molar-refractivity contribution in [3.63, 3.8) is 0 Å². The lowest BCUT2D eigenvalue weighted by Gasteiger charge is -2.28. The number of rotatable bonds is 6. The largest absolute Gasteiger partial charge is 0.385 e. The predicted octanol–water partition coefficient (Wildman–Crippen LogP) is 4.60. The molecule has 0 heterocycles. The molecule has 0 unspecified atom stereocenters. The summed E-state index contributed by atoms with van der Waals surface area (Å²) in [5, 5.41) is 10.7. The Morgan fingerprint density at radius 3 is 1.82 bits per heavy atom. The van der Waals surface area contributed by atoms with E-state index < -0.39 is 5.60 Å². The summed E-state index contributed by atoms with van der Waals surface area (Å²) in [5.74, 6) is 0.550. The molecule has 1 N–H and O–H groups in total. The first-order valence-corrected chi connectivity index (χ1v) is 6.86.